The molecule has 0 fully saturated rings. The lowest BCUT2D eigenvalue weighted by atomic mass is 10.2. The second kappa shape index (κ2) is 6.05. The molecule has 0 atom stereocenters. The first-order valence-electron chi connectivity index (χ1n) is 6.41. The smallest absolute Gasteiger partial charge is 0.323 e. The van der Waals surface area contributed by atoms with E-state index in [4.69, 9.17) is 15.7 Å². The number of hydrogen-bond acceptors (Lipinski definition) is 7. The van der Waals surface area contributed by atoms with Crippen LogP contribution in [0.15, 0.2) is 24.3 Å². The number of hydrogen-bond donors (Lipinski definition) is 1. The van der Waals surface area contributed by atoms with Crippen LogP contribution >= 0.6 is 0 Å². The van der Waals surface area contributed by atoms with Crippen LogP contribution in [0.25, 0.3) is 0 Å². The highest BCUT2D eigenvalue weighted by atomic mass is 16.5. The van der Waals surface area contributed by atoms with Crippen LogP contribution in [-0.4, -0.2) is 28.1 Å². The molecule has 2 aromatic rings. The van der Waals surface area contributed by atoms with E-state index in [2.05, 4.69) is 21.0 Å². The summed E-state index contributed by atoms with van der Waals surface area (Å²) in [6.07, 6.45) is -0.0631. The fraction of sp³-hybridized carbons (Fsp3) is 0.286. The van der Waals surface area contributed by atoms with Gasteiger partial charge >= 0.3 is 6.01 Å². The van der Waals surface area contributed by atoms with Crippen molar-refractivity contribution in [1.82, 2.24) is 15.0 Å². The van der Waals surface area contributed by atoms with Gasteiger partial charge in [-0.2, -0.15) is 20.2 Å². The molecule has 2 rings (SSSR count). The number of benzene rings is 1. The summed E-state index contributed by atoms with van der Waals surface area (Å²) in [5, 5.41) is 8.95. The summed E-state index contributed by atoms with van der Waals surface area (Å²) >= 11 is 0. The maximum Gasteiger partial charge on any atom is 0.323 e. The molecule has 1 aromatic heterocycles. The van der Waals surface area contributed by atoms with Gasteiger partial charge < -0.3 is 15.4 Å². The lowest BCUT2D eigenvalue weighted by Crippen LogP contribution is -2.17. The quantitative estimate of drug-likeness (QED) is 0.914. The van der Waals surface area contributed by atoms with E-state index in [0.717, 1.165) is 5.69 Å². The molecular weight excluding hydrogens is 268 g/mol. The van der Waals surface area contributed by atoms with Crippen molar-refractivity contribution in [3.8, 4) is 12.1 Å². The van der Waals surface area contributed by atoms with Gasteiger partial charge in [0.1, 0.15) is 0 Å². The number of ether oxygens (including phenoxy) is 1. The molecule has 7 nitrogen and oxygen atoms in total. The molecule has 0 aliphatic heterocycles. The van der Waals surface area contributed by atoms with Crippen LogP contribution < -0.4 is 15.4 Å². The van der Waals surface area contributed by atoms with Crippen molar-refractivity contribution < 1.29 is 4.74 Å². The number of anilines is 3. The predicted molar refractivity (Wildman–Crippen MR) is 79.2 cm³/mol. The number of nitriles is 1. The minimum absolute atomic E-state index is 0.0631. The Morgan fingerprint density at radius 2 is 2.05 bits per heavy atom. The summed E-state index contributed by atoms with van der Waals surface area (Å²) in [7, 11) is 1.78. The van der Waals surface area contributed by atoms with Crippen molar-refractivity contribution in [3.05, 3.63) is 29.8 Å². The zero-order valence-electron chi connectivity index (χ0n) is 12.1. The van der Waals surface area contributed by atoms with Gasteiger partial charge in [-0.3, -0.25) is 0 Å². The van der Waals surface area contributed by atoms with E-state index in [9.17, 15) is 0 Å². The lowest BCUT2D eigenvalue weighted by molar-refractivity contribution is 0.222. The highest BCUT2D eigenvalue weighted by Gasteiger charge is 2.12. The van der Waals surface area contributed by atoms with Crippen molar-refractivity contribution in [3.63, 3.8) is 0 Å². The number of rotatable bonds is 4. The summed E-state index contributed by atoms with van der Waals surface area (Å²) in [5.74, 6) is 0.437. The molecule has 21 heavy (non-hydrogen) atoms. The third kappa shape index (κ3) is 3.57. The molecule has 0 saturated heterocycles. The SMILES string of the molecule is CC(C)Oc1nc(N)nc(N(C)c2cccc(C#N)c2)n1. The van der Waals surface area contributed by atoms with Crippen molar-refractivity contribution in [2.75, 3.05) is 17.7 Å². The van der Waals surface area contributed by atoms with Crippen LogP contribution in [-0.2, 0) is 0 Å². The fourth-order valence-electron chi connectivity index (χ4n) is 1.67. The van der Waals surface area contributed by atoms with E-state index in [-0.39, 0.29) is 18.1 Å². The van der Waals surface area contributed by atoms with Crippen LogP contribution in [0.5, 0.6) is 6.01 Å². The predicted octanol–water partition coefficient (Wildman–Crippen LogP) is 1.88. The first-order valence-corrected chi connectivity index (χ1v) is 6.41. The molecule has 0 amide bonds. The van der Waals surface area contributed by atoms with Gasteiger partial charge in [-0.1, -0.05) is 6.07 Å². The average Bonchev–Trinajstić information content (AvgIpc) is 2.45. The van der Waals surface area contributed by atoms with Gasteiger partial charge in [0.2, 0.25) is 11.9 Å². The zero-order chi connectivity index (χ0) is 15.4. The molecule has 1 heterocycles. The summed E-state index contributed by atoms with van der Waals surface area (Å²) in [6.45, 7) is 3.75. The molecule has 1 aromatic carbocycles. The van der Waals surface area contributed by atoms with Gasteiger partial charge in [-0.25, -0.2) is 0 Å². The van der Waals surface area contributed by atoms with Crippen LogP contribution in [0.4, 0.5) is 17.6 Å². The number of nitrogen functional groups attached to an aromatic ring is 1. The highest BCUT2D eigenvalue weighted by molar-refractivity contribution is 5.59. The van der Waals surface area contributed by atoms with Crippen molar-refractivity contribution in [1.29, 1.82) is 5.26 Å². The van der Waals surface area contributed by atoms with Crippen LogP contribution in [0.3, 0.4) is 0 Å². The molecule has 0 bridgehead atoms. The van der Waals surface area contributed by atoms with Crippen molar-refractivity contribution >= 4 is 17.6 Å². The summed E-state index contributed by atoms with van der Waals surface area (Å²) in [6, 6.07) is 9.38. The van der Waals surface area contributed by atoms with Crippen molar-refractivity contribution in [2.24, 2.45) is 0 Å². The second-order valence-electron chi connectivity index (χ2n) is 4.66. The average molecular weight is 284 g/mol. The van der Waals surface area contributed by atoms with Crippen LogP contribution in [0.1, 0.15) is 19.4 Å². The topological polar surface area (TPSA) is 101 Å². The van der Waals surface area contributed by atoms with Gasteiger partial charge in [-0.15, -0.1) is 0 Å². The Labute approximate surface area is 123 Å². The molecule has 7 heteroatoms. The Bertz CT molecular complexity index is 679. The van der Waals surface area contributed by atoms with Crippen LogP contribution in [0, 0.1) is 11.3 Å². The Hall–Kier alpha value is -2.88. The second-order valence-corrected chi connectivity index (χ2v) is 4.66. The third-order valence-corrected chi connectivity index (χ3v) is 2.62. The number of nitrogens with two attached hydrogens (primary N) is 1. The van der Waals surface area contributed by atoms with E-state index in [1.807, 2.05) is 19.9 Å². The molecule has 0 spiro atoms. The van der Waals surface area contributed by atoms with Gasteiger partial charge in [0.05, 0.1) is 17.7 Å². The van der Waals surface area contributed by atoms with E-state index in [1.165, 1.54) is 0 Å². The Morgan fingerprint density at radius 3 is 2.71 bits per heavy atom. The molecule has 108 valence electrons. The zero-order valence-corrected chi connectivity index (χ0v) is 12.1. The molecule has 0 aliphatic rings. The summed E-state index contributed by atoms with van der Waals surface area (Å²) in [4.78, 5) is 14.0. The normalized spacial score (nSPS) is 10.2. The van der Waals surface area contributed by atoms with E-state index in [0.29, 0.717) is 11.5 Å². The van der Waals surface area contributed by atoms with E-state index in [1.54, 1.807) is 30.1 Å². The lowest BCUT2D eigenvalue weighted by Gasteiger charge is -2.18. The maximum absolute atomic E-state index is 8.95. The van der Waals surface area contributed by atoms with Gasteiger partial charge in [-0.05, 0) is 32.0 Å². The summed E-state index contributed by atoms with van der Waals surface area (Å²) < 4.78 is 5.45. The van der Waals surface area contributed by atoms with Crippen molar-refractivity contribution in [2.45, 2.75) is 20.0 Å². The minimum atomic E-state index is -0.0631. The standard InChI is InChI=1S/C14H16N6O/c1-9(2)21-14-18-12(16)17-13(19-14)20(3)11-6-4-5-10(7-11)8-15/h4-7,9H,1-3H3,(H2,16,17,18,19). The van der Waals surface area contributed by atoms with E-state index >= 15 is 0 Å². The van der Waals surface area contributed by atoms with Gasteiger partial charge in [0, 0.05) is 12.7 Å². The molecule has 0 saturated carbocycles. The first-order chi connectivity index (χ1) is 9.99. The monoisotopic (exact) mass is 284 g/mol. The number of aromatic nitrogens is 3. The summed E-state index contributed by atoms with van der Waals surface area (Å²) in [5.41, 5.74) is 7.01. The van der Waals surface area contributed by atoms with E-state index < -0.39 is 0 Å². The van der Waals surface area contributed by atoms with Crippen LogP contribution in [0.2, 0.25) is 0 Å². The largest absolute Gasteiger partial charge is 0.461 e. The number of nitrogens with zero attached hydrogens (tertiary/aromatic N) is 5. The molecule has 0 aliphatic carbocycles. The fourth-order valence-corrected chi connectivity index (χ4v) is 1.67. The molecular formula is C14H16N6O. The first kappa shape index (κ1) is 14.5. The Balaban J connectivity index is 2.36. The Morgan fingerprint density at radius 1 is 1.29 bits per heavy atom. The highest BCUT2D eigenvalue weighted by Crippen LogP contribution is 2.22. The van der Waals surface area contributed by atoms with Gasteiger partial charge in [0.15, 0.2) is 0 Å². The molecule has 2 N–H and O–H groups in total. The minimum Gasteiger partial charge on any atom is -0.461 e. The van der Waals surface area contributed by atoms with Gasteiger partial charge in [0.25, 0.3) is 0 Å². The Kier molecular flexibility index (Phi) is 4.18. The molecule has 0 radical (unpaired) electrons. The maximum atomic E-state index is 8.95. The third-order valence-electron chi connectivity index (χ3n) is 2.62. The molecule has 0 unspecified atom stereocenters.